The van der Waals surface area contributed by atoms with Crippen molar-refractivity contribution in [1.29, 1.82) is 0 Å². The summed E-state index contributed by atoms with van der Waals surface area (Å²) in [5, 5.41) is 21.0. The number of ether oxygens (including phenoxy) is 1. The molecule has 0 unspecified atom stereocenters. The Labute approximate surface area is 97.4 Å². The van der Waals surface area contributed by atoms with Crippen LogP contribution >= 0.6 is 0 Å². The van der Waals surface area contributed by atoms with E-state index in [2.05, 4.69) is 25.5 Å². The molecule has 1 heterocycles. The normalized spacial score (nSPS) is 11.9. The fraction of sp³-hybridized carbons (Fsp3) is 0.556. The second-order valence-electron chi connectivity index (χ2n) is 3.29. The van der Waals surface area contributed by atoms with E-state index in [0.29, 0.717) is 12.1 Å². The Balaban J connectivity index is 2.35. The molecule has 1 aromatic rings. The third-order valence-electron chi connectivity index (χ3n) is 2.08. The van der Waals surface area contributed by atoms with E-state index < -0.39 is 18.6 Å². The largest absolute Gasteiger partial charge is 0.467 e. The first-order valence-corrected chi connectivity index (χ1v) is 5.00. The topological polar surface area (TPSA) is 117 Å². The zero-order chi connectivity index (χ0) is 12.7. The summed E-state index contributed by atoms with van der Waals surface area (Å²) in [7, 11) is 1.19. The maximum atomic E-state index is 11.4. The number of nitrogens with one attached hydrogen (secondary N) is 2. The van der Waals surface area contributed by atoms with Crippen LogP contribution in [0.3, 0.4) is 0 Å². The molecule has 0 radical (unpaired) electrons. The predicted octanol–water partition coefficient (Wildman–Crippen LogP) is -1.61. The number of hydrogen-bond donors (Lipinski definition) is 3. The van der Waals surface area contributed by atoms with Crippen molar-refractivity contribution < 1.29 is 19.4 Å². The molecule has 0 aliphatic rings. The van der Waals surface area contributed by atoms with E-state index in [9.17, 15) is 9.59 Å². The highest BCUT2D eigenvalue weighted by Crippen LogP contribution is 1.96. The van der Waals surface area contributed by atoms with E-state index in [1.807, 2.05) is 0 Å². The summed E-state index contributed by atoms with van der Waals surface area (Å²) in [6, 6.07) is -1.02. The lowest BCUT2D eigenvalue weighted by molar-refractivity contribution is -0.146. The molecule has 8 nitrogen and oxygen atoms in total. The number of aliphatic hydroxyl groups is 1. The van der Waals surface area contributed by atoms with Gasteiger partial charge in [-0.05, 0) is 0 Å². The molecule has 1 atom stereocenters. The van der Waals surface area contributed by atoms with Crippen molar-refractivity contribution in [3.8, 4) is 0 Å². The van der Waals surface area contributed by atoms with Crippen molar-refractivity contribution in [2.75, 3.05) is 13.7 Å². The summed E-state index contributed by atoms with van der Waals surface area (Å²) in [6.07, 6.45) is 2.07. The Hall–Kier alpha value is -1.96. The SMILES string of the molecule is COC(=O)[C@@H](CO)NC(=O)CCc1cn[nH]n1. The standard InChI is InChI=1S/C9H14N4O4/c1-17-9(16)7(5-14)11-8(15)3-2-6-4-10-13-12-6/h4,7,14H,2-3,5H2,1H3,(H,11,15)(H,10,12,13)/t7-/m1/s1. The van der Waals surface area contributed by atoms with Gasteiger partial charge in [0.05, 0.1) is 25.6 Å². The van der Waals surface area contributed by atoms with Crippen molar-refractivity contribution >= 4 is 11.9 Å². The smallest absolute Gasteiger partial charge is 0.330 e. The Kier molecular flexibility index (Phi) is 5.08. The first kappa shape index (κ1) is 13.1. The molecular weight excluding hydrogens is 228 g/mol. The highest BCUT2D eigenvalue weighted by Gasteiger charge is 2.20. The van der Waals surface area contributed by atoms with E-state index in [4.69, 9.17) is 5.11 Å². The van der Waals surface area contributed by atoms with E-state index >= 15 is 0 Å². The molecule has 1 amide bonds. The lowest BCUT2D eigenvalue weighted by atomic mass is 10.2. The van der Waals surface area contributed by atoms with Crippen LogP contribution in [0.4, 0.5) is 0 Å². The molecule has 0 saturated heterocycles. The minimum Gasteiger partial charge on any atom is -0.467 e. The predicted molar refractivity (Wildman–Crippen MR) is 55.7 cm³/mol. The Morgan fingerprint density at radius 2 is 2.41 bits per heavy atom. The van der Waals surface area contributed by atoms with E-state index in [1.165, 1.54) is 13.3 Å². The third kappa shape index (κ3) is 4.19. The van der Waals surface area contributed by atoms with E-state index in [1.54, 1.807) is 0 Å². The molecule has 8 heteroatoms. The number of rotatable bonds is 6. The monoisotopic (exact) mass is 242 g/mol. The number of aryl methyl sites for hydroxylation is 1. The zero-order valence-corrected chi connectivity index (χ0v) is 9.34. The molecule has 0 bridgehead atoms. The van der Waals surface area contributed by atoms with Crippen LogP contribution in [-0.4, -0.2) is 52.2 Å². The fourth-order valence-corrected chi connectivity index (χ4v) is 1.18. The zero-order valence-electron chi connectivity index (χ0n) is 9.34. The molecule has 0 aliphatic heterocycles. The van der Waals surface area contributed by atoms with Crippen LogP contribution in [0.25, 0.3) is 0 Å². The van der Waals surface area contributed by atoms with Gasteiger partial charge >= 0.3 is 5.97 Å². The second-order valence-corrected chi connectivity index (χ2v) is 3.29. The summed E-state index contributed by atoms with van der Waals surface area (Å²) in [4.78, 5) is 22.5. The molecule has 17 heavy (non-hydrogen) atoms. The molecule has 1 rings (SSSR count). The third-order valence-corrected chi connectivity index (χ3v) is 2.08. The maximum Gasteiger partial charge on any atom is 0.330 e. The fourth-order valence-electron chi connectivity index (χ4n) is 1.18. The number of aromatic amines is 1. The summed E-state index contributed by atoms with van der Waals surface area (Å²) in [5.41, 5.74) is 0.652. The van der Waals surface area contributed by atoms with Gasteiger partial charge in [0.25, 0.3) is 0 Å². The first-order valence-electron chi connectivity index (χ1n) is 5.00. The second kappa shape index (κ2) is 6.59. The van der Waals surface area contributed by atoms with Crippen molar-refractivity contribution in [2.45, 2.75) is 18.9 Å². The molecular formula is C9H14N4O4. The number of hydrogen-bond acceptors (Lipinski definition) is 6. The average molecular weight is 242 g/mol. The number of nitrogens with zero attached hydrogens (tertiary/aromatic N) is 2. The number of esters is 1. The number of methoxy groups -OCH3 is 1. The van der Waals surface area contributed by atoms with Crippen LogP contribution < -0.4 is 5.32 Å². The molecule has 0 fully saturated rings. The van der Waals surface area contributed by atoms with Gasteiger partial charge in [-0.25, -0.2) is 4.79 Å². The average Bonchev–Trinajstić information content (AvgIpc) is 2.85. The van der Waals surface area contributed by atoms with Crippen LogP contribution in [0.2, 0.25) is 0 Å². The lowest BCUT2D eigenvalue weighted by Crippen LogP contribution is -2.44. The highest BCUT2D eigenvalue weighted by atomic mass is 16.5. The van der Waals surface area contributed by atoms with Gasteiger partial charge in [0.1, 0.15) is 0 Å². The molecule has 0 saturated carbocycles. The number of aliphatic hydroxyl groups excluding tert-OH is 1. The Morgan fingerprint density at radius 1 is 1.65 bits per heavy atom. The van der Waals surface area contributed by atoms with Gasteiger partial charge < -0.3 is 15.2 Å². The number of carbonyl (C=O) groups is 2. The van der Waals surface area contributed by atoms with Crippen LogP contribution in [0.15, 0.2) is 6.20 Å². The quantitative estimate of drug-likeness (QED) is 0.516. The van der Waals surface area contributed by atoms with Crippen molar-refractivity contribution in [3.05, 3.63) is 11.9 Å². The van der Waals surface area contributed by atoms with Gasteiger partial charge in [-0.15, -0.1) is 0 Å². The molecule has 3 N–H and O–H groups in total. The van der Waals surface area contributed by atoms with Gasteiger partial charge in [-0.2, -0.15) is 15.4 Å². The minimum absolute atomic E-state index is 0.153. The Morgan fingerprint density at radius 3 is 2.94 bits per heavy atom. The van der Waals surface area contributed by atoms with Gasteiger partial charge in [0.2, 0.25) is 5.91 Å². The van der Waals surface area contributed by atoms with Crippen LogP contribution in [0, 0.1) is 0 Å². The van der Waals surface area contributed by atoms with Gasteiger partial charge in [0.15, 0.2) is 6.04 Å². The first-order chi connectivity index (χ1) is 8.17. The molecule has 0 spiro atoms. The number of carbonyl (C=O) groups excluding carboxylic acids is 2. The van der Waals surface area contributed by atoms with Gasteiger partial charge in [-0.3, -0.25) is 4.79 Å². The summed E-state index contributed by atoms with van der Waals surface area (Å²) in [5.74, 6) is -1.04. The number of H-pyrrole nitrogens is 1. The van der Waals surface area contributed by atoms with Gasteiger partial charge in [0, 0.05) is 12.8 Å². The summed E-state index contributed by atoms with van der Waals surface area (Å²) in [6.45, 7) is -0.498. The van der Waals surface area contributed by atoms with E-state index in [-0.39, 0.29) is 12.3 Å². The summed E-state index contributed by atoms with van der Waals surface area (Å²) >= 11 is 0. The van der Waals surface area contributed by atoms with Crippen molar-refractivity contribution in [2.24, 2.45) is 0 Å². The molecule has 0 aliphatic carbocycles. The number of aromatic nitrogens is 3. The minimum atomic E-state index is -1.02. The molecule has 1 aromatic heterocycles. The summed E-state index contributed by atoms with van der Waals surface area (Å²) < 4.78 is 4.41. The van der Waals surface area contributed by atoms with E-state index in [0.717, 1.165) is 0 Å². The Bertz CT molecular complexity index is 365. The van der Waals surface area contributed by atoms with Crippen LogP contribution in [0.5, 0.6) is 0 Å². The lowest BCUT2D eigenvalue weighted by Gasteiger charge is -2.13. The van der Waals surface area contributed by atoms with Gasteiger partial charge in [-0.1, -0.05) is 0 Å². The number of amides is 1. The van der Waals surface area contributed by atoms with Crippen molar-refractivity contribution in [3.63, 3.8) is 0 Å². The molecule has 94 valence electrons. The van der Waals surface area contributed by atoms with Crippen molar-refractivity contribution in [1.82, 2.24) is 20.7 Å². The van der Waals surface area contributed by atoms with Crippen LogP contribution in [-0.2, 0) is 20.7 Å². The maximum absolute atomic E-state index is 11.4. The molecule has 0 aromatic carbocycles. The van der Waals surface area contributed by atoms with Crippen LogP contribution in [0.1, 0.15) is 12.1 Å². The highest BCUT2D eigenvalue weighted by molar-refractivity contribution is 5.84.